The van der Waals surface area contributed by atoms with Crippen LogP contribution < -0.4 is 4.74 Å². The van der Waals surface area contributed by atoms with Gasteiger partial charge in [-0.2, -0.15) is 0 Å². The summed E-state index contributed by atoms with van der Waals surface area (Å²) in [6, 6.07) is 1.79. The topological polar surface area (TPSA) is 66.8 Å². The quantitative estimate of drug-likeness (QED) is 0.655. The summed E-state index contributed by atoms with van der Waals surface area (Å²) in [5.41, 5.74) is 1.89. The lowest BCUT2D eigenvalue weighted by molar-refractivity contribution is 0.0692. The Labute approximate surface area is 149 Å². The van der Waals surface area contributed by atoms with E-state index in [0.29, 0.717) is 23.3 Å². The maximum atomic E-state index is 11.6. The van der Waals surface area contributed by atoms with E-state index in [2.05, 4.69) is 26.8 Å². The van der Waals surface area contributed by atoms with E-state index in [1.165, 1.54) is 5.57 Å². The summed E-state index contributed by atoms with van der Waals surface area (Å²) in [6.45, 7) is 8.21. The number of aromatic carboxylic acids is 1. The molecule has 1 aromatic carbocycles. The molecule has 2 N–H and O–H groups in total. The minimum Gasteiger partial charge on any atom is -0.506 e. The second-order valence-electron chi connectivity index (χ2n) is 7.15. The molecule has 1 heterocycles. The van der Waals surface area contributed by atoms with Crippen LogP contribution in [-0.2, 0) is 6.42 Å². The summed E-state index contributed by atoms with van der Waals surface area (Å²) in [5.74, 6) is -0.730. The van der Waals surface area contributed by atoms with Crippen LogP contribution in [0.5, 0.6) is 11.5 Å². The normalized spacial score (nSPS) is 18.4. The number of carbonyl (C=O) groups is 1. The highest BCUT2D eigenvalue weighted by molar-refractivity contribution is 5.95. The van der Waals surface area contributed by atoms with Gasteiger partial charge in [-0.25, -0.2) is 4.79 Å². The lowest BCUT2D eigenvalue weighted by atomic mass is 9.91. The predicted octanol–water partition coefficient (Wildman–Crippen LogP) is 5.34. The molecule has 2 rings (SSSR count). The van der Waals surface area contributed by atoms with E-state index < -0.39 is 11.6 Å². The van der Waals surface area contributed by atoms with E-state index in [1.807, 2.05) is 13.0 Å². The van der Waals surface area contributed by atoms with E-state index in [-0.39, 0.29) is 11.3 Å². The number of aryl methyl sites for hydroxylation is 1. The van der Waals surface area contributed by atoms with Gasteiger partial charge in [-0.1, -0.05) is 25.0 Å². The molecule has 0 aliphatic carbocycles. The molecular weight excluding hydrogens is 316 g/mol. The Morgan fingerprint density at radius 2 is 2.08 bits per heavy atom. The van der Waals surface area contributed by atoms with Crippen LogP contribution >= 0.6 is 0 Å². The van der Waals surface area contributed by atoms with E-state index in [4.69, 9.17) is 4.74 Å². The van der Waals surface area contributed by atoms with Crippen molar-refractivity contribution in [2.75, 3.05) is 0 Å². The van der Waals surface area contributed by atoms with Gasteiger partial charge in [-0.3, -0.25) is 0 Å². The molecule has 0 fully saturated rings. The molecule has 0 saturated carbocycles. The van der Waals surface area contributed by atoms with Crippen molar-refractivity contribution in [2.24, 2.45) is 0 Å². The van der Waals surface area contributed by atoms with Crippen LogP contribution in [0, 0.1) is 0 Å². The number of rotatable bonds is 7. The third kappa shape index (κ3) is 4.44. The molecule has 25 heavy (non-hydrogen) atoms. The highest BCUT2D eigenvalue weighted by Crippen LogP contribution is 2.42. The molecule has 1 atom stereocenters. The van der Waals surface area contributed by atoms with Crippen LogP contribution in [-0.4, -0.2) is 21.8 Å². The number of carboxylic acids is 1. The van der Waals surface area contributed by atoms with Gasteiger partial charge in [-0.05, 0) is 70.2 Å². The fraction of sp³-hybridized carbons (Fsp3) is 0.476. The van der Waals surface area contributed by atoms with E-state index in [1.54, 1.807) is 12.1 Å². The Morgan fingerprint density at radius 3 is 2.68 bits per heavy atom. The summed E-state index contributed by atoms with van der Waals surface area (Å²) >= 11 is 0. The van der Waals surface area contributed by atoms with Gasteiger partial charge in [0.15, 0.2) is 0 Å². The molecule has 136 valence electrons. The second-order valence-corrected chi connectivity index (χ2v) is 7.15. The number of hydrogen-bond donors (Lipinski definition) is 2. The molecule has 0 spiro atoms. The number of carboxylic acid groups (broad SMARTS) is 1. The van der Waals surface area contributed by atoms with Crippen LogP contribution in [0.3, 0.4) is 0 Å². The van der Waals surface area contributed by atoms with Gasteiger partial charge in [0, 0.05) is 0 Å². The summed E-state index contributed by atoms with van der Waals surface area (Å²) in [7, 11) is 0. The van der Waals surface area contributed by atoms with Crippen molar-refractivity contribution in [3.05, 3.63) is 40.5 Å². The molecule has 1 unspecified atom stereocenters. The standard InChI is InChI=1S/C21H28O4/c1-5-6-9-15-13-17-16(19(22)18(15)20(23)24)10-12-21(4,25-17)11-7-8-14(2)3/h8,10,12-13,22H,5-7,9,11H2,1-4H3,(H,23,24). The zero-order valence-electron chi connectivity index (χ0n) is 15.6. The molecule has 0 radical (unpaired) electrons. The van der Waals surface area contributed by atoms with Gasteiger partial charge in [-0.15, -0.1) is 0 Å². The van der Waals surface area contributed by atoms with Gasteiger partial charge in [0.05, 0.1) is 5.56 Å². The van der Waals surface area contributed by atoms with Gasteiger partial charge < -0.3 is 14.9 Å². The van der Waals surface area contributed by atoms with Gasteiger partial charge in [0.25, 0.3) is 0 Å². The highest BCUT2D eigenvalue weighted by Gasteiger charge is 2.30. The molecule has 4 heteroatoms. The van der Waals surface area contributed by atoms with Crippen LogP contribution in [0.25, 0.3) is 6.08 Å². The van der Waals surface area contributed by atoms with Crippen molar-refractivity contribution in [1.82, 2.24) is 0 Å². The average molecular weight is 344 g/mol. The van der Waals surface area contributed by atoms with Crippen LogP contribution in [0.2, 0.25) is 0 Å². The van der Waals surface area contributed by atoms with Gasteiger partial charge in [0.2, 0.25) is 0 Å². The van der Waals surface area contributed by atoms with Crippen LogP contribution in [0.4, 0.5) is 0 Å². The highest BCUT2D eigenvalue weighted by atomic mass is 16.5. The number of allylic oxidation sites excluding steroid dienone is 2. The molecule has 0 aromatic heterocycles. The number of unbranched alkanes of at least 4 members (excludes halogenated alkanes) is 1. The van der Waals surface area contributed by atoms with Gasteiger partial charge in [0.1, 0.15) is 22.7 Å². The first-order chi connectivity index (χ1) is 11.8. The number of benzene rings is 1. The van der Waals surface area contributed by atoms with Crippen LogP contribution in [0.15, 0.2) is 23.8 Å². The largest absolute Gasteiger partial charge is 0.506 e. The predicted molar refractivity (Wildman–Crippen MR) is 100 cm³/mol. The monoisotopic (exact) mass is 344 g/mol. The zero-order valence-corrected chi connectivity index (χ0v) is 15.6. The molecule has 0 bridgehead atoms. The SMILES string of the molecule is CCCCc1cc2c(c(O)c1C(=O)O)C=CC(C)(CCC=C(C)C)O2. The molecule has 0 amide bonds. The summed E-state index contributed by atoms with van der Waals surface area (Å²) in [6.07, 6.45) is 10.0. The minimum absolute atomic E-state index is 0.00593. The van der Waals surface area contributed by atoms with Crippen molar-refractivity contribution >= 4 is 12.0 Å². The molecule has 0 saturated heterocycles. The zero-order chi connectivity index (χ0) is 18.6. The van der Waals surface area contributed by atoms with Crippen LogP contribution in [0.1, 0.15) is 74.9 Å². The number of fused-ring (bicyclic) bond motifs is 1. The van der Waals surface area contributed by atoms with Crippen molar-refractivity contribution in [3.8, 4) is 11.5 Å². The minimum atomic E-state index is -1.10. The second kappa shape index (κ2) is 7.77. The third-order valence-corrected chi connectivity index (χ3v) is 4.54. The Kier molecular flexibility index (Phi) is 5.93. The van der Waals surface area contributed by atoms with Gasteiger partial charge >= 0.3 is 5.97 Å². The van der Waals surface area contributed by atoms with Crippen molar-refractivity contribution in [3.63, 3.8) is 0 Å². The lowest BCUT2D eigenvalue weighted by Crippen LogP contribution is -2.32. The number of aromatic hydroxyl groups is 1. The molecule has 1 aliphatic rings. The van der Waals surface area contributed by atoms with Crippen molar-refractivity contribution in [2.45, 2.75) is 65.4 Å². The molecule has 1 aromatic rings. The molecular formula is C21H28O4. The van der Waals surface area contributed by atoms with E-state index in [0.717, 1.165) is 25.7 Å². The summed E-state index contributed by atoms with van der Waals surface area (Å²) < 4.78 is 6.17. The fourth-order valence-electron chi connectivity index (χ4n) is 3.09. The molecule has 4 nitrogen and oxygen atoms in total. The Morgan fingerprint density at radius 1 is 1.36 bits per heavy atom. The first kappa shape index (κ1) is 19.1. The van der Waals surface area contributed by atoms with Crippen molar-refractivity contribution < 1.29 is 19.7 Å². The smallest absolute Gasteiger partial charge is 0.339 e. The number of hydrogen-bond acceptors (Lipinski definition) is 3. The summed E-state index contributed by atoms with van der Waals surface area (Å²) in [5, 5.41) is 20.0. The summed E-state index contributed by atoms with van der Waals surface area (Å²) in [4.78, 5) is 11.6. The fourth-order valence-corrected chi connectivity index (χ4v) is 3.09. The first-order valence-electron chi connectivity index (χ1n) is 8.91. The first-order valence-corrected chi connectivity index (χ1v) is 8.91. The Bertz CT molecular complexity index is 711. The maximum absolute atomic E-state index is 11.6. The Hall–Kier alpha value is -2.23. The maximum Gasteiger partial charge on any atom is 0.339 e. The number of phenols is 1. The third-order valence-electron chi connectivity index (χ3n) is 4.54. The lowest BCUT2D eigenvalue weighted by Gasteiger charge is -2.32. The average Bonchev–Trinajstić information content (AvgIpc) is 2.51. The number of ether oxygens (including phenoxy) is 1. The Balaban J connectivity index is 2.37. The molecule has 1 aliphatic heterocycles. The van der Waals surface area contributed by atoms with E-state index in [9.17, 15) is 15.0 Å². The van der Waals surface area contributed by atoms with E-state index >= 15 is 0 Å². The van der Waals surface area contributed by atoms with Crippen molar-refractivity contribution in [1.29, 1.82) is 0 Å².